The summed E-state index contributed by atoms with van der Waals surface area (Å²) in [5.74, 6) is 0. The number of carbonyl (C=O) groups excluding carboxylic acids is 1. The second kappa shape index (κ2) is 10.2. The summed E-state index contributed by atoms with van der Waals surface area (Å²) in [5.41, 5.74) is 1.08. The Labute approximate surface area is 205 Å². The maximum Gasteiger partial charge on any atom is 0.416 e. The lowest BCUT2D eigenvalue weighted by molar-refractivity contribution is -0.143. The van der Waals surface area contributed by atoms with E-state index in [1.165, 1.54) is 5.56 Å². The number of fused-ring (bicyclic) bond motifs is 1. The Morgan fingerprint density at radius 3 is 1.97 bits per heavy atom. The van der Waals surface area contributed by atoms with E-state index in [1.807, 2.05) is 6.07 Å². The summed E-state index contributed by atoms with van der Waals surface area (Å²) in [5, 5.41) is 0. The Bertz CT molecular complexity index is 1070. The van der Waals surface area contributed by atoms with Crippen LogP contribution in [0.1, 0.15) is 59.1 Å². The van der Waals surface area contributed by atoms with Gasteiger partial charge in [-0.25, -0.2) is 4.79 Å². The third-order valence-electron chi connectivity index (χ3n) is 6.80. The molecule has 1 amide bonds. The first-order chi connectivity index (χ1) is 17.0. The van der Waals surface area contributed by atoms with Gasteiger partial charge in [0, 0.05) is 25.3 Å². The molecule has 196 valence electrons. The molecule has 2 aromatic carbocycles. The molecule has 1 aliphatic heterocycles. The Kier molecular flexibility index (Phi) is 7.43. The van der Waals surface area contributed by atoms with E-state index in [0.29, 0.717) is 12.1 Å². The van der Waals surface area contributed by atoms with E-state index in [0.717, 1.165) is 80.4 Å². The SMILES string of the molecule is COC(=O)N(Cc1cc(C(F)(F)F)cc(C(F)(F)F)c1)Cc1cc2c(cc1N1CCCCC1)CCC2. The van der Waals surface area contributed by atoms with Crippen LogP contribution in [0.25, 0.3) is 0 Å². The molecule has 10 heteroatoms. The number of rotatable bonds is 5. The zero-order valence-electron chi connectivity index (χ0n) is 19.9. The van der Waals surface area contributed by atoms with Crippen LogP contribution in [0.2, 0.25) is 0 Å². The number of ether oxygens (including phenoxy) is 1. The zero-order valence-corrected chi connectivity index (χ0v) is 19.9. The predicted molar refractivity (Wildman–Crippen MR) is 123 cm³/mol. The van der Waals surface area contributed by atoms with Crippen molar-refractivity contribution in [1.29, 1.82) is 0 Å². The number of benzene rings is 2. The lowest BCUT2D eigenvalue weighted by Crippen LogP contribution is -2.33. The molecule has 0 N–H and O–H groups in total. The minimum atomic E-state index is -4.96. The maximum absolute atomic E-state index is 13.4. The zero-order chi connectivity index (χ0) is 26.1. The first kappa shape index (κ1) is 26.2. The lowest BCUT2D eigenvalue weighted by Gasteiger charge is -2.32. The van der Waals surface area contributed by atoms with Gasteiger partial charge in [0.1, 0.15) is 0 Å². The fourth-order valence-electron chi connectivity index (χ4n) is 5.07. The van der Waals surface area contributed by atoms with Crippen molar-refractivity contribution in [2.24, 2.45) is 0 Å². The molecule has 0 radical (unpaired) electrons. The fraction of sp³-hybridized carbons (Fsp3) is 0.500. The number of amides is 1. The van der Waals surface area contributed by atoms with Crippen molar-refractivity contribution in [1.82, 2.24) is 4.90 Å². The summed E-state index contributed by atoms with van der Waals surface area (Å²) in [6, 6.07) is 5.54. The highest BCUT2D eigenvalue weighted by Crippen LogP contribution is 2.37. The van der Waals surface area contributed by atoms with Gasteiger partial charge in [-0.1, -0.05) is 6.07 Å². The van der Waals surface area contributed by atoms with E-state index in [-0.39, 0.29) is 18.2 Å². The smallest absolute Gasteiger partial charge is 0.416 e. The summed E-state index contributed by atoms with van der Waals surface area (Å²) in [6.45, 7) is 1.25. The van der Waals surface area contributed by atoms with Gasteiger partial charge in [-0.2, -0.15) is 26.3 Å². The molecule has 36 heavy (non-hydrogen) atoms. The Morgan fingerprint density at radius 1 is 0.833 bits per heavy atom. The van der Waals surface area contributed by atoms with Crippen LogP contribution < -0.4 is 4.90 Å². The van der Waals surface area contributed by atoms with Crippen molar-refractivity contribution in [3.05, 3.63) is 63.7 Å². The normalized spacial score (nSPS) is 16.1. The topological polar surface area (TPSA) is 32.8 Å². The molecule has 1 fully saturated rings. The monoisotopic (exact) mass is 514 g/mol. The molecule has 0 atom stereocenters. The summed E-state index contributed by atoms with van der Waals surface area (Å²) >= 11 is 0. The van der Waals surface area contributed by atoms with Gasteiger partial charge in [0.15, 0.2) is 0 Å². The molecule has 2 aromatic rings. The average Bonchev–Trinajstić information content (AvgIpc) is 3.29. The standard InChI is InChI=1S/C26H28F6N2O2/c1-36-24(35)34(15-17-10-21(25(27,28)29)14-22(11-17)26(30,31)32)16-20-12-18-6-5-7-19(18)13-23(20)33-8-3-2-4-9-33/h10-14H,2-9,15-16H2,1H3. The van der Waals surface area contributed by atoms with Crippen molar-refractivity contribution in [3.8, 4) is 0 Å². The third kappa shape index (κ3) is 5.90. The highest BCUT2D eigenvalue weighted by Gasteiger charge is 2.37. The highest BCUT2D eigenvalue weighted by atomic mass is 19.4. The molecule has 0 spiro atoms. The van der Waals surface area contributed by atoms with Crippen LogP contribution in [0.3, 0.4) is 0 Å². The first-order valence-electron chi connectivity index (χ1n) is 12.0. The number of piperidine rings is 1. The predicted octanol–water partition coefficient (Wildman–Crippen LogP) is 6.97. The van der Waals surface area contributed by atoms with Gasteiger partial charge < -0.3 is 9.64 Å². The van der Waals surface area contributed by atoms with Crippen molar-refractivity contribution < 1.29 is 35.9 Å². The van der Waals surface area contributed by atoms with E-state index in [2.05, 4.69) is 11.0 Å². The van der Waals surface area contributed by atoms with Crippen molar-refractivity contribution >= 4 is 11.8 Å². The van der Waals surface area contributed by atoms with Crippen LogP contribution in [0.5, 0.6) is 0 Å². The van der Waals surface area contributed by atoms with Crippen LogP contribution in [0.4, 0.5) is 36.8 Å². The molecule has 0 bridgehead atoms. The number of carbonyl (C=O) groups is 1. The quantitative estimate of drug-likeness (QED) is 0.404. The van der Waals surface area contributed by atoms with Crippen LogP contribution in [-0.4, -0.2) is 31.2 Å². The first-order valence-corrected chi connectivity index (χ1v) is 12.0. The van der Waals surface area contributed by atoms with Crippen LogP contribution in [0.15, 0.2) is 30.3 Å². The van der Waals surface area contributed by atoms with Gasteiger partial charge >= 0.3 is 18.4 Å². The van der Waals surface area contributed by atoms with Gasteiger partial charge in [-0.3, -0.25) is 4.90 Å². The number of nitrogens with zero attached hydrogens (tertiary/aromatic N) is 2. The molecule has 2 aliphatic rings. The van der Waals surface area contributed by atoms with Gasteiger partial charge in [-0.05, 0) is 85.0 Å². The molecule has 1 aliphatic carbocycles. The molecular formula is C26H28F6N2O2. The van der Waals surface area contributed by atoms with Crippen molar-refractivity contribution in [2.45, 2.75) is 64.0 Å². The van der Waals surface area contributed by atoms with Crippen LogP contribution in [-0.2, 0) is 43.0 Å². The third-order valence-corrected chi connectivity index (χ3v) is 6.80. The fourth-order valence-corrected chi connectivity index (χ4v) is 5.07. The number of anilines is 1. The van der Waals surface area contributed by atoms with E-state index < -0.39 is 36.1 Å². The number of alkyl halides is 6. The number of hydrogen-bond acceptors (Lipinski definition) is 3. The molecular weight excluding hydrogens is 486 g/mol. The molecule has 4 rings (SSSR count). The highest BCUT2D eigenvalue weighted by molar-refractivity contribution is 5.68. The Morgan fingerprint density at radius 2 is 1.42 bits per heavy atom. The van der Waals surface area contributed by atoms with E-state index in [4.69, 9.17) is 4.74 Å². The molecule has 0 saturated carbocycles. The summed E-state index contributed by atoms with van der Waals surface area (Å²) < 4.78 is 85.0. The summed E-state index contributed by atoms with van der Waals surface area (Å²) in [6.07, 6.45) is -4.70. The second-order valence-corrected chi connectivity index (χ2v) is 9.39. The number of methoxy groups -OCH3 is 1. The van der Waals surface area contributed by atoms with Crippen molar-refractivity contribution in [3.63, 3.8) is 0 Å². The van der Waals surface area contributed by atoms with Gasteiger partial charge in [-0.15, -0.1) is 0 Å². The van der Waals surface area contributed by atoms with Gasteiger partial charge in [0.2, 0.25) is 0 Å². The van der Waals surface area contributed by atoms with Gasteiger partial charge in [0.25, 0.3) is 0 Å². The van der Waals surface area contributed by atoms with Crippen LogP contribution in [0, 0.1) is 0 Å². The molecule has 1 saturated heterocycles. The molecule has 4 nitrogen and oxygen atoms in total. The van der Waals surface area contributed by atoms with Crippen molar-refractivity contribution in [2.75, 3.05) is 25.1 Å². The number of hydrogen-bond donors (Lipinski definition) is 0. The Hall–Kier alpha value is -2.91. The largest absolute Gasteiger partial charge is 0.453 e. The minimum absolute atomic E-state index is 0.00336. The van der Waals surface area contributed by atoms with E-state index >= 15 is 0 Å². The minimum Gasteiger partial charge on any atom is -0.453 e. The molecule has 0 unspecified atom stereocenters. The summed E-state index contributed by atoms with van der Waals surface area (Å²) in [7, 11) is 1.14. The van der Waals surface area contributed by atoms with Gasteiger partial charge in [0.05, 0.1) is 24.8 Å². The Balaban J connectivity index is 1.70. The molecule has 1 heterocycles. The number of aryl methyl sites for hydroxylation is 2. The van der Waals surface area contributed by atoms with E-state index in [1.54, 1.807) is 0 Å². The number of halogens is 6. The average molecular weight is 515 g/mol. The second-order valence-electron chi connectivity index (χ2n) is 9.39. The summed E-state index contributed by atoms with van der Waals surface area (Å²) in [4.78, 5) is 16.1. The van der Waals surface area contributed by atoms with E-state index in [9.17, 15) is 31.1 Å². The van der Waals surface area contributed by atoms with Crippen LogP contribution >= 0.6 is 0 Å². The molecule has 0 aromatic heterocycles. The maximum atomic E-state index is 13.4. The lowest BCUT2D eigenvalue weighted by atomic mass is 10.0.